The fraction of sp³-hybridized carbons (Fsp3) is 0.333. The molecule has 5 heteroatoms. The first-order chi connectivity index (χ1) is 12.6. The first-order valence-electron chi connectivity index (χ1n) is 8.93. The van der Waals surface area contributed by atoms with Gasteiger partial charge in [-0.15, -0.1) is 0 Å². The van der Waals surface area contributed by atoms with E-state index in [0.717, 1.165) is 12.0 Å². The smallest absolute Gasteiger partial charge is 0.237 e. The summed E-state index contributed by atoms with van der Waals surface area (Å²) in [6.45, 7) is 3.51. The van der Waals surface area contributed by atoms with Gasteiger partial charge >= 0.3 is 0 Å². The third kappa shape index (κ3) is 3.34. The molecule has 136 valence electrons. The summed E-state index contributed by atoms with van der Waals surface area (Å²) < 4.78 is 13.3. The molecule has 2 amide bonds. The lowest BCUT2D eigenvalue weighted by Gasteiger charge is -2.42. The van der Waals surface area contributed by atoms with Crippen molar-refractivity contribution in [3.05, 3.63) is 66.0 Å². The molecule has 0 saturated carbocycles. The van der Waals surface area contributed by atoms with Crippen LogP contribution in [0, 0.1) is 5.82 Å². The number of carbonyl (C=O) groups is 2. The monoisotopic (exact) mass is 354 g/mol. The Balaban J connectivity index is 1.99. The number of hydrogen-bond donors (Lipinski definition) is 0. The fourth-order valence-electron chi connectivity index (χ4n) is 3.72. The summed E-state index contributed by atoms with van der Waals surface area (Å²) in [5.41, 5.74) is 0.980. The highest BCUT2D eigenvalue weighted by molar-refractivity contribution is 6.01. The van der Waals surface area contributed by atoms with Gasteiger partial charge in [-0.25, -0.2) is 4.39 Å². The van der Waals surface area contributed by atoms with Gasteiger partial charge in [0.1, 0.15) is 5.82 Å². The molecule has 4 nitrogen and oxygen atoms in total. The Morgan fingerprint density at radius 2 is 1.73 bits per heavy atom. The molecule has 1 heterocycles. The average molecular weight is 354 g/mol. The summed E-state index contributed by atoms with van der Waals surface area (Å²) in [7, 11) is 0. The molecule has 3 rings (SSSR count). The molecule has 0 radical (unpaired) electrons. The molecule has 2 aromatic carbocycles. The number of amides is 2. The van der Waals surface area contributed by atoms with E-state index in [0.29, 0.717) is 38.2 Å². The van der Waals surface area contributed by atoms with Crippen LogP contribution in [-0.2, 0) is 15.0 Å². The topological polar surface area (TPSA) is 40.6 Å². The van der Waals surface area contributed by atoms with Crippen molar-refractivity contribution < 1.29 is 14.0 Å². The highest BCUT2D eigenvalue weighted by atomic mass is 19.1. The summed E-state index contributed by atoms with van der Waals surface area (Å²) in [6, 6.07) is 15.8. The van der Waals surface area contributed by atoms with Gasteiger partial charge in [-0.3, -0.25) is 9.59 Å². The van der Waals surface area contributed by atoms with Gasteiger partial charge in [0.25, 0.3) is 0 Å². The van der Waals surface area contributed by atoms with Gasteiger partial charge in [0.05, 0.1) is 5.41 Å². The summed E-state index contributed by atoms with van der Waals surface area (Å²) in [4.78, 5) is 28.2. The van der Waals surface area contributed by atoms with Crippen molar-refractivity contribution in [3.63, 3.8) is 0 Å². The minimum Gasteiger partial charge on any atom is -0.345 e. The first kappa shape index (κ1) is 18.1. The van der Waals surface area contributed by atoms with Crippen molar-refractivity contribution >= 4 is 18.0 Å². The van der Waals surface area contributed by atoms with Crippen LogP contribution in [0.25, 0.3) is 0 Å². The maximum Gasteiger partial charge on any atom is 0.237 e. The van der Waals surface area contributed by atoms with Crippen LogP contribution in [0.1, 0.15) is 25.3 Å². The van der Waals surface area contributed by atoms with Crippen LogP contribution >= 0.6 is 0 Å². The number of rotatable bonds is 5. The SMILES string of the molecule is CCN(C(=O)C1(c2ccccc2)CCN(C=O)CC1)c1ccc(F)cc1. The van der Waals surface area contributed by atoms with Crippen molar-refractivity contribution in [1.29, 1.82) is 0 Å². The van der Waals surface area contributed by atoms with Crippen LogP contribution in [0.15, 0.2) is 54.6 Å². The number of anilines is 1. The number of hydrogen-bond acceptors (Lipinski definition) is 2. The normalized spacial score (nSPS) is 16.2. The largest absolute Gasteiger partial charge is 0.345 e. The van der Waals surface area contributed by atoms with Crippen LogP contribution in [0.4, 0.5) is 10.1 Å². The lowest BCUT2D eigenvalue weighted by molar-refractivity contribution is -0.129. The Morgan fingerprint density at radius 3 is 2.27 bits per heavy atom. The minimum atomic E-state index is -0.675. The number of carbonyl (C=O) groups excluding carboxylic acids is 2. The molecule has 0 bridgehead atoms. The quantitative estimate of drug-likeness (QED) is 0.773. The lowest BCUT2D eigenvalue weighted by atomic mass is 9.71. The molecule has 0 N–H and O–H groups in total. The van der Waals surface area contributed by atoms with Crippen molar-refractivity contribution in [2.24, 2.45) is 0 Å². The van der Waals surface area contributed by atoms with Gasteiger partial charge in [-0.1, -0.05) is 30.3 Å². The molecular formula is C21H23FN2O2. The van der Waals surface area contributed by atoms with Crippen molar-refractivity contribution in [1.82, 2.24) is 4.90 Å². The minimum absolute atomic E-state index is 0.00311. The molecule has 0 spiro atoms. The van der Waals surface area contributed by atoms with Crippen LogP contribution in [-0.4, -0.2) is 36.9 Å². The molecule has 0 aliphatic carbocycles. The highest BCUT2D eigenvalue weighted by Crippen LogP contribution is 2.38. The van der Waals surface area contributed by atoms with Gasteiger partial charge < -0.3 is 9.80 Å². The molecule has 26 heavy (non-hydrogen) atoms. The third-order valence-electron chi connectivity index (χ3n) is 5.24. The molecule has 0 atom stereocenters. The van der Waals surface area contributed by atoms with Gasteiger partial charge in [0, 0.05) is 25.3 Å². The number of halogens is 1. The Hall–Kier alpha value is -2.69. The highest BCUT2D eigenvalue weighted by Gasteiger charge is 2.45. The van der Waals surface area contributed by atoms with Crippen LogP contribution in [0.5, 0.6) is 0 Å². The summed E-state index contributed by atoms with van der Waals surface area (Å²) in [5, 5.41) is 0. The van der Waals surface area contributed by atoms with E-state index in [1.807, 2.05) is 37.3 Å². The second kappa shape index (κ2) is 7.68. The van der Waals surface area contributed by atoms with E-state index in [1.165, 1.54) is 12.1 Å². The first-order valence-corrected chi connectivity index (χ1v) is 8.93. The van der Waals surface area contributed by atoms with Crippen molar-refractivity contribution in [2.75, 3.05) is 24.5 Å². The molecule has 1 aliphatic heterocycles. The van der Waals surface area contributed by atoms with Gasteiger partial charge in [-0.2, -0.15) is 0 Å². The zero-order valence-corrected chi connectivity index (χ0v) is 14.9. The van der Waals surface area contributed by atoms with Gasteiger partial charge in [0.15, 0.2) is 0 Å². The summed E-state index contributed by atoms with van der Waals surface area (Å²) in [6.07, 6.45) is 2.00. The zero-order valence-electron chi connectivity index (χ0n) is 14.9. The van der Waals surface area contributed by atoms with E-state index in [2.05, 4.69) is 0 Å². The van der Waals surface area contributed by atoms with Crippen LogP contribution < -0.4 is 4.90 Å². The van der Waals surface area contributed by atoms with Gasteiger partial charge in [0.2, 0.25) is 12.3 Å². The van der Waals surface area contributed by atoms with Gasteiger partial charge in [-0.05, 0) is 49.6 Å². The lowest BCUT2D eigenvalue weighted by Crippen LogP contribution is -2.53. The Labute approximate surface area is 153 Å². The standard InChI is InChI=1S/C21H23FN2O2/c1-2-24(19-10-8-18(22)9-11-19)20(26)21(17-6-4-3-5-7-17)12-14-23(16-25)15-13-21/h3-11,16H,2,12-15H2,1H3. The second-order valence-corrected chi connectivity index (χ2v) is 6.62. The number of nitrogens with zero attached hydrogens (tertiary/aromatic N) is 2. The van der Waals surface area contributed by atoms with E-state index in [4.69, 9.17) is 0 Å². The Bertz CT molecular complexity index is 753. The average Bonchev–Trinajstić information content (AvgIpc) is 2.70. The van der Waals surface area contributed by atoms with E-state index in [1.54, 1.807) is 21.9 Å². The maximum atomic E-state index is 13.7. The molecule has 1 saturated heterocycles. The van der Waals surface area contributed by atoms with Crippen molar-refractivity contribution in [2.45, 2.75) is 25.2 Å². The predicted molar refractivity (Wildman–Crippen MR) is 99.4 cm³/mol. The molecule has 2 aromatic rings. The number of likely N-dealkylation sites (tertiary alicyclic amines) is 1. The maximum absolute atomic E-state index is 13.7. The van der Waals surface area contributed by atoms with E-state index < -0.39 is 5.41 Å². The van der Waals surface area contributed by atoms with E-state index in [9.17, 15) is 14.0 Å². The molecule has 1 fully saturated rings. The molecule has 1 aliphatic rings. The van der Waals surface area contributed by atoms with E-state index in [-0.39, 0.29) is 11.7 Å². The molecule has 0 aromatic heterocycles. The summed E-state index contributed by atoms with van der Waals surface area (Å²) in [5.74, 6) is -0.322. The van der Waals surface area contributed by atoms with Crippen LogP contribution in [0.3, 0.4) is 0 Å². The van der Waals surface area contributed by atoms with Crippen molar-refractivity contribution in [3.8, 4) is 0 Å². The predicted octanol–water partition coefficient (Wildman–Crippen LogP) is 3.37. The number of likely N-dealkylation sites (N-methyl/N-ethyl adjacent to an activating group) is 1. The third-order valence-corrected chi connectivity index (χ3v) is 5.24. The number of benzene rings is 2. The summed E-state index contributed by atoms with van der Waals surface area (Å²) >= 11 is 0. The molecule has 0 unspecified atom stereocenters. The molecular weight excluding hydrogens is 331 g/mol. The Kier molecular flexibility index (Phi) is 5.35. The fourth-order valence-corrected chi connectivity index (χ4v) is 3.72. The Morgan fingerprint density at radius 1 is 1.12 bits per heavy atom. The number of piperidine rings is 1. The zero-order chi connectivity index (χ0) is 18.6. The van der Waals surface area contributed by atoms with E-state index >= 15 is 0 Å². The van der Waals surface area contributed by atoms with Crippen LogP contribution in [0.2, 0.25) is 0 Å². The second-order valence-electron chi connectivity index (χ2n) is 6.62.